The van der Waals surface area contributed by atoms with Gasteiger partial charge in [0.25, 0.3) is 0 Å². The summed E-state index contributed by atoms with van der Waals surface area (Å²) in [5.41, 5.74) is 4.10. The van der Waals surface area contributed by atoms with Crippen molar-refractivity contribution >= 4 is 22.6 Å². The molecule has 29 heavy (non-hydrogen) atoms. The molecule has 1 unspecified atom stereocenters. The van der Waals surface area contributed by atoms with Gasteiger partial charge in [0.1, 0.15) is 22.5 Å². The number of unbranched alkanes of at least 4 members (excludes halogenated alkanes) is 2. The number of hydrogen-bond donors (Lipinski definition) is 1. The lowest BCUT2D eigenvalue weighted by atomic mass is 9.81. The van der Waals surface area contributed by atoms with E-state index in [2.05, 4.69) is 56.9 Å². The number of hydrogen-bond acceptors (Lipinski definition) is 3. The van der Waals surface area contributed by atoms with Gasteiger partial charge in [-0.1, -0.05) is 71.5 Å². The quantitative estimate of drug-likeness (QED) is 0.418. The summed E-state index contributed by atoms with van der Waals surface area (Å²) in [6.45, 7) is 10.8. The molecule has 1 heterocycles. The van der Waals surface area contributed by atoms with Gasteiger partial charge in [0.05, 0.1) is 0 Å². The number of halogens is 1. The highest BCUT2D eigenvalue weighted by atomic mass is 35.5. The smallest absolute Gasteiger partial charge is 0.146 e. The van der Waals surface area contributed by atoms with E-state index in [1.807, 2.05) is 6.07 Å². The standard InChI is InChI=1S/C24H32ClN3O/c1-6-8-9-10-16(7-2)17-13-19(24(3,4)5)23(29)22(14-17)28-26-20-12-11-18(25)15-21(20)27-28/h11-16,29H,6-10H2,1-5H3. The van der Waals surface area contributed by atoms with E-state index < -0.39 is 0 Å². The number of aromatic hydroxyl groups is 1. The molecule has 0 aliphatic carbocycles. The predicted molar refractivity (Wildman–Crippen MR) is 121 cm³/mol. The third kappa shape index (κ3) is 4.75. The van der Waals surface area contributed by atoms with Crippen LogP contribution >= 0.6 is 11.6 Å². The first-order chi connectivity index (χ1) is 13.7. The monoisotopic (exact) mass is 413 g/mol. The second-order valence-corrected chi connectivity index (χ2v) is 9.35. The molecule has 4 nitrogen and oxygen atoms in total. The molecule has 3 rings (SSSR count). The van der Waals surface area contributed by atoms with Gasteiger partial charge in [-0.05, 0) is 54.0 Å². The van der Waals surface area contributed by atoms with Crippen LogP contribution in [0.4, 0.5) is 0 Å². The van der Waals surface area contributed by atoms with E-state index in [0.29, 0.717) is 16.6 Å². The first-order valence-corrected chi connectivity index (χ1v) is 11.0. The molecule has 5 heteroatoms. The lowest BCUT2D eigenvalue weighted by Gasteiger charge is -2.25. The first kappa shape index (κ1) is 21.6. The van der Waals surface area contributed by atoms with Crippen molar-refractivity contribution in [2.24, 2.45) is 0 Å². The van der Waals surface area contributed by atoms with Crippen LogP contribution < -0.4 is 0 Å². The van der Waals surface area contributed by atoms with Gasteiger partial charge in [0.2, 0.25) is 0 Å². The second kappa shape index (κ2) is 8.74. The number of aromatic nitrogens is 3. The summed E-state index contributed by atoms with van der Waals surface area (Å²) in [6, 6.07) is 9.70. The van der Waals surface area contributed by atoms with E-state index in [-0.39, 0.29) is 11.2 Å². The zero-order valence-corrected chi connectivity index (χ0v) is 18.9. The molecule has 0 bridgehead atoms. The molecule has 0 spiro atoms. The van der Waals surface area contributed by atoms with Crippen LogP contribution in [0.1, 0.15) is 83.8 Å². The Kier molecular flexibility index (Phi) is 6.52. The summed E-state index contributed by atoms with van der Waals surface area (Å²) in [5.74, 6) is 0.706. The molecule has 0 fully saturated rings. The Hall–Kier alpha value is -2.07. The van der Waals surface area contributed by atoms with E-state index in [0.717, 1.165) is 29.4 Å². The van der Waals surface area contributed by atoms with Crippen molar-refractivity contribution in [3.63, 3.8) is 0 Å². The number of rotatable bonds is 7. The largest absolute Gasteiger partial charge is 0.505 e. The molecule has 1 N–H and O–H groups in total. The lowest BCUT2D eigenvalue weighted by molar-refractivity contribution is 0.438. The van der Waals surface area contributed by atoms with Crippen LogP contribution in [0.2, 0.25) is 5.02 Å². The van der Waals surface area contributed by atoms with Crippen molar-refractivity contribution in [1.82, 2.24) is 15.0 Å². The highest BCUT2D eigenvalue weighted by molar-refractivity contribution is 6.31. The van der Waals surface area contributed by atoms with E-state index in [9.17, 15) is 5.11 Å². The molecule has 0 saturated heterocycles. The van der Waals surface area contributed by atoms with Crippen LogP contribution in [-0.2, 0) is 5.41 Å². The second-order valence-electron chi connectivity index (χ2n) is 8.91. The molecule has 0 radical (unpaired) electrons. The van der Waals surface area contributed by atoms with Gasteiger partial charge >= 0.3 is 0 Å². The van der Waals surface area contributed by atoms with E-state index in [1.54, 1.807) is 16.9 Å². The van der Waals surface area contributed by atoms with Crippen LogP contribution in [0.15, 0.2) is 30.3 Å². The Morgan fingerprint density at radius 3 is 2.41 bits per heavy atom. The molecule has 1 aromatic heterocycles. The van der Waals surface area contributed by atoms with Gasteiger partial charge < -0.3 is 5.11 Å². The third-order valence-electron chi connectivity index (χ3n) is 5.60. The van der Waals surface area contributed by atoms with Gasteiger partial charge in [0.15, 0.2) is 0 Å². The third-order valence-corrected chi connectivity index (χ3v) is 5.83. The zero-order valence-electron chi connectivity index (χ0n) is 18.2. The Morgan fingerprint density at radius 1 is 1.03 bits per heavy atom. The highest BCUT2D eigenvalue weighted by Gasteiger charge is 2.25. The summed E-state index contributed by atoms with van der Waals surface area (Å²) in [4.78, 5) is 1.55. The van der Waals surface area contributed by atoms with Gasteiger partial charge in [-0.2, -0.15) is 0 Å². The fourth-order valence-electron chi connectivity index (χ4n) is 3.84. The Bertz CT molecular complexity index is 988. The highest BCUT2D eigenvalue weighted by Crippen LogP contribution is 2.39. The first-order valence-electron chi connectivity index (χ1n) is 10.6. The minimum absolute atomic E-state index is 0.188. The molecule has 0 saturated carbocycles. The summed E-state index contributed by atoms with van der Waals surface area (Å²) in [6.07, 6.45) is 5.92. The van der Waals surface area contributed by atoms with Crippen molar-refractivity contribution in [1.29, 1.82) is 0 Å². The van der Waals surface area contributed by atoms with Crippen LogP contribution in [0, 0.1) is 0 Å². The summed E-state index contributed by atoms with van der Waals surface area (Å²) in [7, 11) is 0. The van der Waals surface area contributed by atoms with Crippen LogP contribution in [0.3, 0.4) is 0 Å². The summed E-state index contributed by atoms with van der Waals surface area (Å²) >= 11 is 6.11. The molecule has 1 atom stereocenters. The van der Waals surface area contributed by atoms with Crippen molar-refractivity contribution in [2.75, 3.05) is 0 Å². The van der Waals surface area contributed by atoms with E-state index >= 15 is 0 Å². The summed E-state index contributed by atoms with van der Waals surface area (Å²) < 4.78 is 0. The maximum Gasteiger partial charge on any atom is 0.146 e. The Balaban J connectivity index is 2.13. The van der Waals surface area contributed by atoms with Gasteiger partial charge in [0, 0.05) is 10.6 Å². The SMILES string of the molecule is CCCCCC(CC)c1cc(-n2nc3ccc(Cl)cc3n2)c(O)c(C(C)(C)C)c1. The molecule has 2 aromatic carbocycles. The molecular formula is C24H32ClN3O. The van der Waals surface area contributed by atoms with Crippen LogP contribution in [0.25, 0.3) is 16.7 Å². The van der Waals surface area contributed by atoms with Gasteiger partial charge in [-0.3, -0.25) is 0 Å². The van der Waals surface area contributed by atoms with Gasteiger partial charge in [-0.15, -0.1) is 15.0 Å². The number of nitrogens with zero attached hydrogens (tertiary/aromatic N) is 3. The predicted octanol–water partition coefficient (Wildman–Crippen LogP) is 7.15. The fraction of sp³-hybridized carbons (Fsp3) is 0.500. The van der Waals surface area contributed by atoms with Crippen molar-refractivity contribution in [3.8, 4) is 11.4 Å². The molecular weight excluding hydrogens is 382 g/mol. The molecule has 156 valence electrons. The zero-order chi connectivity index (χ0) is 21.2. The number of benzene rings is 2. The lowest BCUT2D eigenvalue weighted by Crippen LogP contribution is -2.15. The van der Waals surface area contributed by atoms with Crippen molar-refractivity contribution in [2.45, 2.75) is 78.1 Å². The van der Waals surface area contributed by atoms with Crippen molar-refractivity contribution < 1.29 is 5.11 Å². The number of phenolic OH excluding ortho intramolecular Hbond substituents is 1. The van der Waals surface area contributed by atoms with Crippen LogP contribution in [-0.4, -0.2) is 20.1 Å². The minimum atomic E-state index is -0.188. The maximum atomic E-state index is 11.1. The Morgan fingerprint density at radius 2 is 1.76 bits per heavy atom. The van der Waals surface area contributed by atoms with E-state index in [1.165, 1.54) is 24.8 Å². The van der Waals surface area contributed by atoms with Crippen molar-refractivity contribution in [3.05, 3.63) is 46.5 Å². The average molecular weight is 414 g/mol. The molecule has 0 amide bonds. The fourth-order valence-corrected chi connectivity index (χ4v) is 4.01. The summed E-state index contributed by atoms with van der Waals surface area (Å²) in [5, 5.41) is 20.9. The van der Waals surface area contributed by atoms with Gasteiger partial charge in [-0.25, -0.2) is 0 Å². The molecule has 3 aromatic rings. The number of phenols is 1. The van der Waals surface area contributed by atoms with E-state index in [4.69, 9.17) is 11.6 Å². The Labute approximate surface area is 178 Å². The topological polar surface area (TPSA) is 50.9 Å². The van der Waals surface area contributed by atoms with Crippen LogP contribution in [0.5, 0.6) is 5.75 Å². The molecule has 0 aliphatic heterocycles. The average Bonchev–Trinajstić information content (AvgIpc) is 3.07. The normalized spacial score (nSPS) is 13.2. The molecule has 0 aliphatic rings. The maximum absolute atomic E-state index is 11.1. The number of fused-ring (bicyclic) bond motifs is 1. The minimum Gasteiger partial charge on any atom is -0.505 e.